The Kier molecular flexibility index (Phi) is 11.0. The summed E-state index contributed by atoms with van der Waals surface area (Å²) in [5, 5.41) is 13.4. The van der Waals surface area contributed by atoms with Crippen molar-refractivity contribution >= 4 is 34.8 Å². The summed E-state index contributed by atoms with van der Waals surface area (Å²) in [6, 6.07) is 3.45. The minimum atomic E-state index is -4.56. The summed E-state index contributed by atoms with van der Waals surface area (Å²) in [7, 11) is -3.22. The second-order valence-electron chi connectivity index (χ2n) is 8.06. The molecule has 0 aliphatic carbocycles. The van der Waals surface area contributed by atoms with Gasteiger partial charge in [0, 0.05) is 25.2 Å². The van der Waals surface area contributed by atoms with E-state index in [0.29, 0.717) is 19.5 Å². The minimum Gasteiger partial charge on any atom is -0.385 e. The van der Waals surface area contributed by atoms with Crippen molar-refractivity contribution in [3.8, 4) is 0 Å². The van der Waals surface area contributed by atoms with E-state index in [2.05, 4.69) is 10.3 Å². The van der Waals surface area contributed by atoms with Crippen molar-refractivity contribution in [3.63, 3.8) is 0 Å². The molecule has 0 bridgehead atoms. The summed E-state index contributed by atoms with van der Waals surface area (Å²) < 4.78 is 63.3. The number of hydrogen-bond donors (Lipinski definition) is 2. The monoisotopic (exact) mass is 495 g/mol. The summed E-state index contributed by atoms with van der Waals surface area (Å²) in [5.41, 5.74) is -1.50. The van der Waals surface area contributed by atoms with E-state index in [1.54, 1.807) is 0 Å². The van der Waals surface area contributed by atoms with Gasteiger partial charge in [0.25, 0.3) is 0 Å². The van der Waals surface area contributed by atoms with Gasteiger partial charge in [0.2, 0.25) is 10.0 Å². The van der Waals surface area contributed by atoms with Gasteiger partial charge in [-0.25, -0.2) is 17.7 Å². The Bertz CT molecular complexity index is 779. The topological polar surface area (TPSA) is 82.5 Å². The number of nitrogens with zero attached hydrogens (tertiary/aromatic N) is 2. The van der Waals surface area contributed by atoms with Crippen LogP contribution in [0.1, 0.15) is 50.6 Å². The SMILES string of the molecule is CC(C)(C[C@@H]1CCCN(S(C)(=O)=O)C1)NC[C@H](O)c1cccc(C(F)(F)F)n1.Cl.Cl. The zero-order valence-electron chi connectivity index (χ0n) is 17.1. The molecule has 30 heavy (non-hydrogen) atoms. The lowest BCUT2D eigenvalue weighted by Gasteiger charge is -2.36. The number of aliphatic hydroxyl groups is 1. The quantitative estimate of drug-likeness (QED) is 0.605. The first kappa shape index (κ1) is 29.4. The van der Waals surface area contributed by atoms with Crippen LogP contribution < -0.4 is 5.32 Å². The maximum atomic E-state index is 12.8. The first-order valence-corrected chi connectivity index (χ1v) is 11.1. The van der Waals surface area contributed by atoms with Gasteiger partial charge < -0.3 is 10.4 Å². The molecule has 2 atom stereocenters. The van der Waals surface area contributed by atoms with Crippen molar-refractivity contribution < 1.29 is 26.7 Å². The Labute approximate surface area is 188 Å². The van der Waals surface area contributed by atoms with E-state index in [0.717, 1.165) is 18.9 Å². The number of sulfonamides is 1. The third-order valence-electron chi connectivity index (χ3n) is 4.93. The van der Waals surface area contributed by atoms with Gasteiger partial charge in [-0.15, -0.1) is 24.8 Å². The molecule has 1 aromatic rings. The van der Waals surface area contributed by atoms with Gasteiger partial charge in [-0.1, -0.05) is 6.07 Å². The molecule has 0 aromatic carbocycles. The van der Waals surface area contributed by atoms with Crippen LogP contribution in [0.4, 0.5) is 13.2 Å². The summed E-state index contributed by atoms with van der Waals surface area (Å²) in [6.45, 7) is 4.89. The summed E-state index contributed by atoms with van der Waals surface area (Å²) in [4.78, 5) is 3.51. The van der Waals surface area contributed by atoms with Gasteiger partial charge in [0.05, 0.1) is 11.9 Å². The molecule has 176 valence electrons. The standard InChI is InChI=1S/C18H28F3N3O3S.2ClH/c1-17(2,10-13-6-5-9-24(12-13)28(3,26)27)22-11-15(25)14-7-4-8-16(23-14)18(19,20)21;;/h4,7-8,13,15,22,25H,5-6,9-12H2,1-3H3;2*1H/t13-,15-;;/m0../s1. The van der Waals surface area contributed by atoms with Crippen molar-refractivity contribution in [1.29, 1.82) is 0 Å². The molecule has 0 spiro atoms. The first-order chi connectivity index (χ1) is 12.8. The van der Waals surface area contributed by atoms with Crippen molar-refractivity contribution in [2.75, 3.05) is 25.9 Å². The highest BCUT2D eigenvalue weighted by molar-refractivity contribution is 7.88. The van der Waals surface area contributed by atoms with E-state index in [9.17, 15) is 26.7 Å². The number of piperidine rings is 1. The third kappa shape index (κ3) is 8.84. The van der Waals surface area contributed by atoms with Gasteiger partial charge in [0.15, 0.2) is 0 Å². The fraction of sp³-hybridized carbons (Fsp3) is 0.722. The molecular weight excluding hydrogens is 466 g/mol. The first-order valence-electron chi connectivity index (χ1n) is 9.20. The highest BCUT2D eigenvalue weighted by Crippen LogP contribution is 2.29. The lowest BCUT2D eigenvalue weighted by atomic mass is 9.86. The average Bonchev–Trinajstić information content (AvgIpc) is 2.58. The molecule has 0 unspecified atom stereocenters. The zero-order valence-corrected chi connectivity index (χ0v) is 19.6. The largest absolute Gasteiger partial charge is 0.433 e. The Morgan fingerprint density at radius 3 is 2.50 bits per heavy atom. The normalized spacial score (nSPS) is 19.5. The summed E-state index contributed by atoms with van der Waals surface area (Å²) in [5.74, 6) is 0.176. The fourth-order valence-electron chi connectivity index (χ4n) is 3.56. The molecule has 6 nitrogen and oxygen atoms in total. The number of nitrogens with one attached hydrogen (secondary N) is 1. The summed E-state index contributed by atoms with van der Waals surface area (Å²) in [6.07, 6.45) is -2.15. The molecule has 1 saturated heterocycles. The molecular formula is C18H30Cl2F3N3O3S. The molecule has 2 heterocycles. The molecule has 12 heteroatoms. The van der Waals surface area contributed by atoms with E-state index < -0.39 is 33.5 Å². The number of pyridine rings is 1. The number of aliphatic hydroxyl groups excluding tert-OH is 1. The molecule has 2 rings (SSSR count). The smallest absolute Gasteiger partial charge is 0.385 e. The van der Waals surface area contributed by atoms with Crippen molar-refractivity contribution in [3.05, 3.63) is 29.6 Å². The van der Waals surface area contributed by atoms with Crippen LogP contribution in [0.3, 0.4) is 0 Å². The van der Waals surface area contributed by atoms with Crippen LogP contribution in [0.2, 0.25) is 0 Å². The van der Waals surface area contributed by atoms with Gasteiger partial charge in [-0.3, -0.25) is 0 Å². The Balaban J connectivity index is 0.00000420. The predicted octanol–water partition coefficient (Wildman–Crippen LogP) is 3.41. The highest BCUT2D eigenvalue weighted by atomic mass is 35.5. The number of alkyl halides is 3. The molecule has 0 saturated carbocycles. The molecule has 0 amide bonds. The van der Waals surface area contributed by atoms with Gasteiger partial charge in [-0.05, 0) is 51.2 Å². The van der Waals surface area contributed by atoms with Gasteiger partial charge >= 0.3 is 6.18 Å². The van der Waals surface area contributed by atoms with E-state index in [4.69, 9.17) is 0 Å². The third-order valence-corrected chi connectivity index (χ3v) is 6.20. The van der Waals surface area contributed by atoms with Crippen LogP contribution in [0.15, 0.2) is 18.2 Å². The maximum Gasteiger partial charge on any atom is 0.433 e. The predicted molar refractivity (Wildman–Crippen MR) is 115 cm³/mol. The number of rotatable bonds is 7. The van der Waals surface area contributed by atoms with E-state index in [-0.39, 0.29) is 43.0 Å². The second kappa shape index (κ2) is 11.3. The van der Waals surface area contributed by atoms with Crippen molar-refractivity contribution in [2.24, 2.45) is 5.92 Å². The molecule has 1 fully saturated rings. The molecule has 0 radical (unpaired) electrons. The Morgan fingerprint density at radius 1 is 1.30 bits per heavy atom. The van der Waals surface area contributed by atoms with Crippen molar-refractivity contribution in [2.45, 2.75) is 50.9 Å². The second-order valence-corrected chi connectivity index (χ2v) is 10.0. The van der Waals surface area contributed by atoms with Crippen LogP contribution >= 0.6 is 24.8 Å². The van der Waals surface area contributed by atoms with E-state index >= 15 is 0 Å². The fourth-order valence-corrected chi connectivity index (χ4v) is 4.50. The molecule has 1 aromatic heterocycles. The van der Waals surface area contributed by atoms with E-state index in [1.807, 2.05) is 13.8 Å². The highest BCUT2D eigenvalue weighted by Gasteiger charge is 2.33. The van der Waals surface area contributed by atoms with Crippen LogP contribution in [0.25, 0.3) is 0 Å². The van der Waals surface area contributed by atoms with E-state index in [1.165, 1.54) is 22.7 Å². The van der Waals surface area contributed by atoms with Crippen LogP contribution in [0, 0.1) is 5.92 Å². The molecule has 1 aliphatic heterocycles. The Morgan fingerprint density at radius 2 is 1.93 bits per heavy atom. The number of aromatic nitrogens is 1. The van der Waals surface area contributed by atoms with Crippen LogP contribution in [-0.2, 0) is 16.2 Å². The number of halogens is 5. The molecule has 1 aliphatic rings. The number of β-amino-alcohol motifs (C(OH)–C–C–N with tert-alkyl or cyclic N) is 1. The maximum absolute atomic E-state index is 12.8. The molecule has 2 N–H and O–H groups in total. The Hall–Kier alpha value is -0.650. The number of hydrogen-bond acceptors (Lipinski definition) is 5. The zero-order chi connectivity index (χ0) is 21.2. The van der Waals surface area contributed by atoms with Crippen molar-refractivity contribution in [1.82, 2.24) is 14.6 Å². The lowest BCUT2D eigenvalue weighted by Crippen LogP contribution is -2.46. The van der Waals surface area contributed by atoms with Crippen LogP contribution in [-0.4, -0.2) is 54.2 Å². The minimum absolute atomic E-state index is 0. The lowest BCUT2D eigenvalue weighted by molar-refractivity contribution is -0.141. The average molecular weight is 496 g/mol. The van der Waals surface area contributed by atoms with Gasteiger partial charge in [-0.2, -0.15) is 13.2 Å². The van der Waals surface area contributed by atoms with Crippen LogP contribution in [0.5, 0.6) is 0 Å². The summed E-state index contributed by atoms with van der Waals surface area (Å²) >= 11 is 0. The van der Waals surface area contributed by atoms with Gasteiger partial charge in [0.1, 0.15) is 11.8 Å².